The van der Waals surface area contributed by atoms with Crippen LogP contribution in [0, 0.1) is 0 Å². The SMILES string of the molecule is c1ccc(Cc2nc(-c3ccccc3)nn3c(Cc4ccccc4)nnc23)cc1. The lowest BCUT2D eigenvalue weighted by Gasteiger charge is -2.08. The third-order valence-electron chi connectivity index (χ3n) is 4.85. The van der Waals surface area contributed by atoms with Gasteiger partial charge in [-0.15, -0.1) is 15.3 Å². The van der Waals surface area contributed by atoms with Crippen molar-refractivity contribution in [2.24, 2.45) is 0 Å². The third kappa shape index (κ3) is 3.62. The van der Waals surface area contributed by atoms with Crippen LogP contribution in [0.1, 0.15) is 22.6 Å². The summed E-state index contributed by atoms with van der Waals surface area (Å²) in [6.07, 6.45) is 1.34. The molecule has 0 amide bonds. The minimum Gasteiger partial charge on any atom is -0.227 e. The molecule has 0 unspecified atom stereocenters. The zero-order valence-electron chi connectivity index (χ0n) is 15.8. The second-order valence-corrected chi connectivity index (χ2v) is 6.92. The van der Waals surface area contributed by atoms with Crippen LogP contribution in [0.4, 0.5) is 0 Å². The van der Waals surface area contributed by atoms with Crippen LogP contribution in [-0.2, 0) is 12.8 Å². The van der Waals surface area contributed by atoms with Gasteiger partial charge in [-0.05, 0) is 11.1 Å². The fraction of sp³-hybridized carbons (Fsp3) is 0.0833. The second kappa shape index (κ2) is 7.64. The summed E-state index contributed by atoms with van der Waals surface area (Å²) in [7, 11) is 0. The molecular weight excluding hydrogens is 358 g/mol. The molecule has 140 valence electrons. The Morgan fingerprint density at radius 2 is 1.21 bits per heavy atom. The predicted molar refractivity (Wildman–Crippen MR) is 113 cm³/mol. The first-order valence-electron chi connectivity index (χ1n) is 9.61. The summed E-state index contributed by atoms with van der Waals surface area (Å²) in [5.74, 6) is 1.48. The van der Waals surface area contributed by atoms with Gasteiger partial charge in [0.2, 0.25) is 0 Å². The number of benzene rings is 3. The summed E-state index contributed by atoms with van der Waals surface area (Å²) in [6.45, 7) is 0. The van der Waals surface area contributed by atoms with Crippen LogP contribution in [0.2, 0.25) is 0 Å². The molecular formula is C24H19N5. The molecule has 29 heavy (non-hydrogen) atoms. The molecule has 0 spiro atoms. The van der Waals surface area contributed by atoms with Crippen LogP contribution in [0.15, 0.2) is 91.0 Å². The maximum atomic E-state index is 4.85. The largest absolute Gasteiger partial charge is 0.227 e. The average Bonchev–Trinajstić information content (AvgIpc) is 3.19. The Labute approximate surface area is 168 Å². The molecule has 2 heterocycles. The molecule has 5 aromatic rings. The van der Waals surface area contributed by atoms with Crippen LogP contribution in [0.25, 0.3) is 17.0 Å². The van der Waals surface area contributed by atoms with Crippen LogP contribution >= 0.6 is 0 Å². The van der Waals surface area contributed by atoms with E-state index in [-0.39, 0.29) is 0 Å². The Balaban J connectivity index is 1.64. The molecule has 3 aromatic carbocycles. The molecule has 0 saturated carbocycles. The van der Waals surface area contributed by atoms with Gasteiger partial charge in [0, 0.05) is 18.4 Å². The molecule has 0 fully saturated rings. The molecule has 0 radical (unpaired) electrons. The lowest BCUT2D eigenvalue weighted by molar-refractivity contribution is 0.815. The standard InChI is InChI=1S/C24H19N5/c1-4-10-18(11-5-1)16-21-24-27-26-22(17-19-12-6-2-7-13-19)29(24)28-23(25-21)20-14-8-3-9-15-20/h1-15H,16-17H2. The zero-order chi connectivity index (χ0) is 19.5. The van der Waals surface area contributed by atoms with E-state index < -0.39 is 0 Å². The zero-order valence-corrected chi connectivity index (χ0v) is 15.8. The number of fused-ring (bicyclic) bond motifs is 1. The second-order valence-electron chi connectivity index (χ2n) is 6.92. The maximum absolute atomic E-state index is 4.85. The van der Waals surface area contributed by atoms with Gasteiger partial charge in [0.05, 0.1) is 5.69 Å². The summed E-state index contributed by atoms with van der Waals surface area (Å²) in [5.41, 5.74) is 4.91. The summed E-state index contributed by atoms with van der Waals surface area (Å²) < 4.78 is 1.85. The van der Waals surface area contributed by atoms with Gasteiger partial charge in [0.1, 0.15) is 0 Å². The predicted octanol–water partition coefficient (Wildman–Crippen LogP) is 4.37. The Kier molecular flexibility index (Phi) is 4.54. The van der Waals surface area contributed by atoms with Gasteiger partial charge >= 0.3 is 0 Å². The third-order valence-corrected chi connectivity index (χ3v) is 4.85. The van der Waals surface area contributed by atoms with Crippen molar-refractivity contribution in [3.8, 4) is 11.4 Å². The van der Waals surface area contributed by atoms with Crippen LogP contribution < -0.4 is 0 Å². The Morgan fingerprint density at radius 3 is 1.86 bits per heavy atom. The van der Waals surface area contributed by atoms with E-state index in [4.69, 9.17) is 10.1 Å². The van der Waals surface area contributed by atoms with Crippen molar-refractivity contribution < 1.29 is 0 Å². The van der Waals surface area contributed by atoms with Crippen molar-refractivity contribution in [3.05, 3.63) is 114 Å². The number of hydrogen-bond donors (Lipinski definition) is 0. The van der Waals surface area contributed by atoms with Gasteiger partial charge in [-0.3, -0.25) is 0 Å². The van der Waals surface area contributed by atoms with E-state index in [0.29, 0.717) is 24.3 Å². The number of rotatable bonds is 5. The van der Waals surface area contributed by atoms with E-state index in [9.17, 15) is 0 Å². The molecule has 0 aliphatic carbocycles. The fourth-order valence-electron chi connectivity index (χ4n) is 3.40. The van der Waals surface area contributed by atoms with Crippen molar-refractivity contribution >= 4 is 5.65 Å². The number of aromatic nitrogens is 5. The van der Waals surface area contributed by atoms with Crippen LogP contribution in [0.5, 0.6) is 0 Å². The van der Waals surface area contributed by atoms with Gasteiger partial charge < -0.3 is 0 Å². The molecule has 0 bridgehead atoms. The molecule has 5 heteroatoms. The molecule has 0 saturated heterocycles. The van der Waals surface area contributed by atoms with E-state index in [1.54, 1.807) is 0 Å². The highest BCUT2D eigenvalue weighted by Crippen LogP contribution is 2.20. The Hall–Kier alpha value is -3.86. The van der Waals surface area contributed by atoms with Crippen molar-refractivity contribution in [1.82, 2.24) is 24.8 Å². The first kappa shape index (κ1) is 17.3. The van der Waals surface area contributed by atoms with Crippen molar-refractivity contribution in [1.29, 1.82) is 0 Å². The van der Waals surface area contributed by atoms with Crippen molar-refractivity contribution in [2.75, 3.05) is 0 Å². The first-order chi connectivity index (χ1) is 14.4. The smallest absolute Gasteiger partial charge is 0.199 e. The molecule has 2 aromatic heterocycles. The molecule has 0 N–H and O–H groups in total. The van der Waals surface area contributed by atoms with E-state index >= 15 is 0 Å². The fourth-order valence-corrected chi connectivity index (χ4v) is 3.40. The van der Waals surface area contributed by atoms with Gasteiger partial charge in [0.25, 0.3) is 0 Å². The maximum Gasteiger partial charge on any atom is 0.199 e. The summed E-state index contributed by atoms with van der Waals surface area (Å²) >= 11 is 0. The Morgan fingerprint density at radius 1 is 0.621 bits per heavy atom. The summed E-state index contributed by atoms with van der Waals surface area (Å²) in [5, 5.41) is 13.7. The number of nitrogens with zero attached hydrogens (tertiary/aromatic N) is 5. The molecule has 5 rings (SSSR count). The lowest BCUT2D eigenvalue weighted by atomic mass is 10.1. The van der Waals surface area contributed by atoms with Gasteiger partial charge in [0.15, 0.2) is 17.3 Å². The van der Waals surface area contributed by atoms with E-state index in [1.807, 2.05) is 71.2 Å². The van der Waals surface area contributed by atoms with Crippen molar-refractivity contribution in [3.63, 3.8) is 0 Å². The highest BCUT2D eigenvalue weighted by molar-refractivity contribution is 5.57. The topological polar surface area (TPSA) is 56.0 Å². The van der Waals surface area contributed by atoms with E-state index in [0.717, 1.165) is 17.1 Å². The quantitative estimate of drug-likeness (QED) is 0.456. The molecule has 5 nitrogen and oxygen atoms in total. The average molecular weight is 377 g/mol. The summed E-state index contributed by atoms with van der Waals surface area (Å²) in [6, 6.07) is 30.6. The lowest BCUT2D eigenvalue weighted by Crippen LogP contribution is -2.07. The minimum absolute atomic E-state index is 0.665. The van der Waals surface area contributed by atoms with Gasteiger partial charge in [-0.25, -0.2) is 4.98 Å². The van der Waals surface area contributed by atoms with Crippen LogP contribution in [0.3, 0.4) is 0 Å². The molecule has 0 atom stereocenters. The highest BCUT2D eigenvalue weighted by Gasteiger charge is 2.16. The van der Waals surface area contributed by atoms with Gasteiger partial charge in [-0.2, -0.15) is 4.52 Å². The van der Waals surface area contributed by atoms with Crippen molar-refractivity contribution in [2.45, 2.75) is 12.8 Å². The summed E-state index contributed by atoms with van der Waals surface area (Å²) in [4.78, 5) is 4.85. The highest BCUT2D eigenvalue weighted by atomic mass is 15.4. The normalized spacial score (nSPS) is 11.0. The monoisotopic (exact) mass is 377 g/mol. The molecule has 0 aliphatic rings. The van der Waals surface area contributed by atoms with E-state index in [2.05, 4.69) is 34.5 Å². The minimum atomic E-state index is 0.665. The number of hydrogen-bond acceptors (Lipinski definition) is 4. The van der Waals surface area contributed by atoms with E-state index in [1.165, 1.54) is 11.1 Å². The molecule has 0 aliphatic heterocycles. The van der Waals surface area contributed by atoms with Crippen LogP contribution in [-0.4, -0.2) is 24.8 Å². The first-order valence-corrected chi connectivity index (χ1v) is 9.61. The Bertz CT molecular complexity index is 1230. The van der Waals surface area contributed by atoms with Gasteiger partial charge in [-0.1, -0.05) is 91.0 Å².